The van der Waals surface area contributed by atoms with Gasteiger partial charge in [0.05, 0.1) is 0 Å². The van der Waals surface area contributed by atoms with Crippen molar-refractivity contribution in [3.8, 4) is 0 Å². The van der Waals surface area contributed by atoms with Crippen LogP contribution in [0.2, 0.25) is 0 Å². The number of nitrogens with two attached hydrogens (primary N) is 1. The molecule has 0 heterocycles. The van der Waals surface area contributed by atoms with Crippen molar-refractivity contribution in [2.24, 2.45) is 11.7 Å². The lowest BCUT2D eigenvalue weighted by molar-refractivity contribution is -0.122. The molecule has 1 aliphatic rings. The van der Waals surface area contributed by atoms with Gasteiger partial charge < -0.3 is 11.1 Å². The normalized spacial score (nSPS) is 16.1. The minimum atomic E-state index is 0.249. The fraction of sp³-hybridized carbons (Fsp3) is 0.917. The molecule has 0 unspecified atom stereocenters. The Morgan fingerprint density at radius 2 is 1.93 bits per heavy atom. The molecule has 3 heteroatoms. The van der Waals surface area contributed by atoms with Gasteiger partial charge in [-0.3, -0.25) is 4.79 Å². The Bertz CT molecular complexity index is 178. The molecule has 88 valence electrons. The molecule has 1 rings (SSSR count). The Balaban J connectivity index is 1.83. The lowest BCUT2D eigenvalue weighted by atomic mass is 9.83. The molecule has 1 saturated carbocycles. The third-order valence-corrected chi connectivity index (χ3v) is 3.15. The van der Waals surface area contributed by atoms with Crippen molar-refractivity contribution in [2.45, 2.75) is 51.4 Å². The first-order valence-corrected chi connectivity index (χ1v) is 6.29. The number of nitrogens with one attached hydrogen (secondary N) is 1. The quantitative estimate of drug-likeness (QED) is 0.603. The molecule has 1 aliphatic carbocycles. The van der Waals surface area contributed by atoms with Gasteiger partial charge >= 0.3 is 0 Å². The Morgan fingerprint density at radius 1 is 1.20 bits per heavy atom. The van der Waals surface area contributed by atoms with Crippen LogP contribution >= 0.6 is 0 Å². The van der Waals surface area contributed by atoms with Crippen LogP contribution in [0.25, 0.3) is 0 Å². The van der Waals surface area contributed by atoms with Gasteiger partial charge in [0.2, 0.25) is 5.91 Å². The van der Waals surface area contributed by atoms with Crippen LogP contribution in [-0.2, 0) is 4.79 Å². The van der Waals surface area contributed by atoms with E-state index < -0.39 is 0 Å². The van der Waals surface area contributed by atoms with Crippen molar-refractivity contribution in [1.29, 1.82) is 0 Å². The molecule has 15 heavy (non-hydrogen) atoms. The molecule has 0 atom stereocenters. The minimum Gasteiger partial charge on any atom is -0.356 e. The smallest absolute Gasteiger partial charge is 0.220 e. The Kier molecular flexibility index (Phi) is 6.41. The molecule has 1 amide bonds. The molecule has 0 aromatic heterocycles. The van der Waals surface area contributed by atoms with Gasteiger partial charge in [0, 0.05) is 13.0 Å². The second-order valence-corrected chi connectivity index (χ2v) is 4.55. The molecule has 0 aromatic carbocycles. The second-order valence-electron chi connectivity index (χ2n) is 4.55. The molecular weight excluding hydrogens is 188 g/mol. The monoisotopic (exact) mass is 212 g/mol. The SMILES string of the molecule is NCCCCCCNC(=O)CC1CCC1. The highest BCUT2D eigenvalue weighted by Crippen LogP contribution is 2.28. The predicted octanol–water partition coefficient (Wildman–Crippen LogP) is 1.81. The van der Waals surface area contributed by atoms with E-state index in [9.17, 15) is 4.79 Å². The van der Waals surface area contributed by atoms with Crippen molar-refractivity contribution in [3.05, 3.63) is 0 Å². The summed E-state index contributed by atoms with van der Waals surface area (Å²) in [6, 6.07) is 0. The van der Waals surface area contributed by atoms with E-state index in [4.69, 9.17) is 5.73 Å². The summed E-state index contributed by atoms with van der Waals surface area (Å²) in [5.41, 5.74) is 5.40. The first-order chi connectivity index (χ1) is 7.33. The lowest BCUT2D eigenvalue weighted by Gasteiger charge is -2.24. The highest BCUT2D eigenvalue weighted by atomic mass is 16.1. The average molecular weight is 212 g/mol. The lowest BCUT2D eigenvalue weighted by Crippen LogP contribution is -2.28. The van der Waals surface area contributed by atoms with Crippen LogP contribution in [0.5, 0.6) is 0 Å². The molecule has 0 spiro atoms. The van der Waals surface area contributed by atoms with Crippen LogP contribution in [0.3, 0.4) is 0 Å². The van der Waals surface area contributed by atoms with E-state index in [1.165, 1.54) is 32.1 Å². The van der Waals surface area contributed by atoms with E-state index in [2.05, 4.69) is 5.32 Å². The molecule has 0 aliphatic heterocycles. The fourth-order valence-electron chi connectivity index (χ4n) is 1.88. The van der Waals surface area contributed by atoms with Crippen molar-refractivity contribution in [2.75, 3.05) is 13.1 Å². The second kappa shape index (κ2) is 7.69. The molecule has 0 aromatic rings. The molecule has 0 radical (unpaired) electrons. The summed E-state index contributed by atoms with van der Waals surface area (Å²) in [6.45, 7) is 1.63. The summed E-state index contributed by atoms with van der Waals surface area (Å²) in [5, 5.41) is 2.99. The Labute approximate surface area is 92.8 Å². The topological polar surface area (TPSA) is 55.1 Å². The molecule has 3 N–H and O–H groups in total. The summed E-state index contributed by atoms with van der Waals surface area (Å²) < 4.78 is 0. The van der Waals surface area contributed by atoms with Crippen molar-refractivity contribution >= 4 is 5.91 Å². The number of carbonyl (C=O) groups excluding carboxylic acids is 1. The fourth-order valence-corrected chi connectivity index (χ4v) is 1.88. The van der Waals surface area contributed by atoms with Gasteiger partial charge in [-0.25, -0.2) is 0 Å². The van der Waals surface area contributed by atoms with Crippen LogP contribution in [0.1, 0.15) is 51.4 Å². The number of carbonyl (C=O) groups is 1. The maximum absolute atomic E-state index is 11.4. The van der Waals surface area contributed by atoms with E-state index in [-0.39, 0.29) is 5.91 Å². The predicted molar refractivity (Wildman–Crippen MR) is 62.5 cm³/mol. The van der Waals surface area contributed by atoms with Gasteiger partial charge in [0.1, 0.15) is 0 Å². The third-order valence-electron chi connectivity index (χ3n) is 3.15. The van der Waals surface area contributed by atoms with E-state index in [1.807, 2.05) is 0 Å². The van der Waals surface area contributed by atoms with E-state index in [1.54, 1.807) is 0 Å². The summed E-state index contributed by atoms with van der Waals surface area (Å²) in [6.07, 6.45) is 9.15. The molecular formula is C12H24N2O. The first-order valence-electron chi connectivity index (χ1n) is 6.29. The summed E-state index contributed by atoms with van der Waals surface area (Å²) in [7, 11) is 0. The number of unbranched alkanes of at least 4 members (excludes halogenated alkanes) is 3. The zero-order valence-corrected chi connectivity index (χ0v) is 9.63. The molecule has 3 nitrogen and oxygen atoms in total. The zero-order valence-electron chi connectivity index (χ0n) is 9.63. The average Bonchev–Trinajstić information content (AvgIpc) is 2.17. The van der Waals surface area contributed by atoms with Gasteiger partial charge in [-0.05, 0) is 38.1 Å². The van der Waals surface area contributed by atoms with Crippen molar-refractivity contribution in [1.82, 2.24) is 5.32 Å². The van der Waals surface area contributed by atoms with Crippen LogP contribution in [0.15, 0.2) is 0 Å². The van der Waals surface area contributed by atoms with Gasteiger partial charge in [0.15, 0.2) is 0 Å². The third kappa shape index (κ3) is 5.78. The van der Waals surface area contributed by atoms with Gasteiger partial charge in [0.25, 0.3) is 0 Å². The highest BCUT2D eigenvalue weighted by molar-refractivity contribution is 5.76. The Hall–Kier alpha value is -0.570. The van der Waals surface area contributed by atoms with E-state index >= 15 is 0 Å². The molecule has 0 bridgehead atoms. The number of amides is 1. The number of hydrogen-bond acceptors (Lipinski definition) is 2. The minimum absolute atomic E-state index is 0.249. The van der Waals surface area contributed by atoms with Gasteiger partial charge in [-0.1, -0.05) is 19.3 Å². The summed E-state index contributed by atoms with van der Waals surface area (Å²) in [5.74, 6) is 0.931. The van der Waals surface area contributed by atoms with E-state index in [0.29, 0.717) is 5.92 Å². The number of hydrogen-bond donors (Lipinski definition) is 2. The van der Waals surface area contributed by atoms with Crippen LogP contribution in [0.4, 0.5) is 0 Å². The summed E-state index contributed by atoms with van der Waals surface area (Å²) in [4.78, 5) is 11.4. The standard InChI is InChI=1S/C12H24N2O/c13-8-3-1-2-4-9-14-12(15)10-11-6-5-7-11/h11H,1-10,13H2,(H,14,15). The summed E-state index contributed by atoms with van der Waals surface area (Å²) >= 11 is 0. The van der Waals surface area contributed by atoms with Gasteiger partial charge in [-0.2, -0.15) is 0 Å². The van der Waals surface area contributed by atoms with Crippen LogP contribution in [-0.4, -0.2) is 19.0 Å². The van der Waals surface area contributed by atoms with Crippen molar-refractivity contribution < 1.29 is 4.79 Å². The van der Waals surface area contributed by atoms with Crippen LogP contribution in [0, 0.1) is 5.92 Å². The van der Waals surface area contributed by atoms with E-state index in [0.717, 1.165) is 32.4 Å². The van der Waals surface area contributed by atoms with Crippen molar-refractivity contribution in [3.63, 3.8) is 0 Å². The molecule has 0 saturated heterocycles. The maximum atomic E-state index is 11.4. The van der Waals surface area contributed by atoms with Gasteiger partial charge in [-0.15, -0.1) is 0 Å². The maximum Gasteiger partial charge on any atom is 0.220 e. The van der Waals surface area contributed by atoms with Crippen LogP contribution < -0.4 is 11.1 Å². The Morgan fingerprint density at radius 3 is 2.53 bits per heavy atom. The highest BCUT2D eigenvalue weighted by Gasteiger charge is 2.19. The largest absolute Gasteiger partial charge is 0.356 e. The first kappa shape index (κ1) is 12.5. The number of rotatable bonds is 8. The molecule has 1 fully saturated rings. The zero-order chi connectivity index (χ0) is 10.9.